The van der Waals surface area contributed by atoms with Gasteiger partial charge in [0.2, 0.25) is 0 Å². The van der Waals surface area contributed by atoms with Gasteiger partial charge in [-0.25, -0.2) is 8.42 Å². The molecule has 28 heavy (non-hydrogen) atoms. The molecule has 5 atom stereocenters. The molecule has 2 aromatic rings. The van der Waals surface area contributed by atoms with E-state index < -0.39 is 47.3 Å². The van der Waals surface area contributed by atoms with Crippen LogP contribution in [0, 0.1) is 6.92 Å². The van der Waals surface area contributed by atoms with Crippen LogP contribution in [0.15, 0.2) is 39.8 Å². The van der Waals surface area contributed by atoms with Crippen molar-refractivity contribution in [1.82, 2.24) is 5.16 Å². The summed E-state index contributed by atoms with van der Waals surface area (Å²) in [6.45, 7) is 1.08. The molecule has 5 unspecified atom stereocenters. The zero-order valence-corrected chi connectivity index (χ0v) is 15.6. The van der Waals surface area contributed by atoms with E-state index in [2.05, 4.69) is 15.2 Å². The van der Waals surface area contributed by atoms with Crippen LogP contribution in [0.25, 0.3) is 0 Å². The molecular weight excluding hydrogens is 394 g/mol. The Bertz CT molecular complexity index is 899. The minimum absolute atomic E-state index is 0.0347. The SMILES string of the molecule is Cc1cc(NS(=O)(=O)c2ccc(NC3OC(CO)C(O)C(O)C3O)cc2)no1. The minimum atomic E-state index is -3.88. The van der Waals surface area contributed by atoms with Gasteiger partial charge in [0.25, 0.3) is 10.0 Å². The van der Waals surface area contributed by atoms with E-state index in [0.29, 0.717) is 11.4 Å². The standard InChI is InChI=1S/C16H21N3O8S/c1-8-6-12(18-27-8)19-28(24,25)10-4-2-9(3-5-10)17-16-15(23)14(22)13(21)11(7-20)26-16/h2-6,11,13-17,20-23H,7H2,1H3,(H,18,19). The van der Waals surface area contributed by atoms with E-state index in [4.69, 9.17) is 9.26 Å². The third kappa shape index (κ3) is 4.27. The number of anilines is 2. The molecule has 1 saturated heterocycles. The molecule has 2 heterocycles. The molecule has 0 bridgehead atoms. The zero-order chi connectivity index (χ0) is 20.5. The van der Waals surface area contributed by atoms with E-state index >= 15 is 0 Å². The fourth-order valence-corrected chi connectivity index (χ4v) is 3.71. The third-order valence-electron chi connectivity index (χ3n) is 4.23. The van der Waals surface area contributed by atoms with E-state index in [-0.39, 0.29) is 10.7 Å². The second kappa shape index (κ2) is 8.03. The van der Waals surface area contributed by atoms with Crippen LogP contribution in [0.3, 0.4) is 0 Å². The lowest BCUT2D eigenvalue weighted by Crippen LogP contribution is -2.60. The molecule has 0 amide bonds. The fourth-order valence-electron chi connectivity index (χ4n) is 2.73. The molecule has 1 aliphatic rings. The highest BCUT2D eigenvalue weighted by molar-refractivity contribution is 7.92. The van der Waals surface area contributed by atoms with Crippen LogP contribution in [-0.2, 0) is 14.8 Å². The van der Waals surface area contributed by atoms with Gasteiger partial charge in [0, 0.05) is 11.8 Å². The van der Waals surface area contributed by atoms with Gasteiger partial charge >= 0.3 is 0 Å². The molecule has 3 rings (SSSR count). The van der Waals surface area contributed by atoms with Gasteiger partial charge < -0.3 is 35.0 Å². The highest BCUT2D eigenvalue weighted by Gasteiger charge is 2.43. The molecule has 1 fully saturated rings. The summed E-state index contributed by atoms with van der Waals surface area (Å²) >= 11 is 0. The first-order valence-corrected chi connectivity index (χ1v) is 9.83. The highest BCUT2D eigenvalue weighted by Crippen LogP contribution is 2.24. The first-order valence-electron chi connectivity index (χ1n) is 8.34. The molecule has 1 aromatic heterocycles. The largest absolute Gasteiger partial charge is 0.394 e. The molecule has 0 radical (unpaired) electrons. The first-order chi connectivity index (χ1) is 13.2. The van der Waals surface area contributed by atoms with Crippen molar-refractivity contribution < 1.29 is 38.1 Å². The lowest BCUT2D eigenvalue weighted by molar-refractivity contribution is -0.221. The van der Waals surface area contributed by atoms with Crippen LogP contribution in [0.5, 0.6) is 0 Å². The van der Waals surface area contributed by atoms with Gasteiger partial charge in [-0.1, -0.05) is 5.16 Å². The number of hydrogen-bond donors (Lipinski definition) is 6. The predicted octanol–water partition coefficient (Wildman–Crippen LogP) is -1.00. The monoisotopic (exact) mass is 415 g/mol. The number of rotatable bonds is 6. The molecule has 0 spiro atoms. The molecule has 6 N–H and O–H groups in total. The number of nitrogens with one attached hydrogen (secondary N) is 2. The minimum Gasteiger partial charge on any atom is -0.394 e. The summed E-state index contributed by atoms with van der Waals surface area (Å²) in [5.74, 6) is 0.512. The quantitative estimate of drug-likeness (QED) is 0.343. The van der Waals surface area contributed by atoms with E-state index in [1.807, 2.05) is 0 Å². The van der Waals surface area contributed by atoms with E-state index in [1.54, 1.807) is 6.92 Å². The first kappa shape index (κ1) is 20.5. The molecule has 0 aliphatic carbocycles. The third-order valence-corrected chi connectivity index (χ3v) is 5.60. The van der Waals surface area contributed by atoms with Crippen LogP contribution in [0.4, 0.5) is 11.5 Å². The average Bonchev–Trinajstić information content (AvgIpc) is 3.06. The van der Waals surface area contributed by atoms with Crippen molar-refractivity contribution in [2.24, 2.45) is 0 Å². The van der Waals surface area contributed by atoms with Gasteiger partial charge in [0.15, 0.2) is 12.0 Å². The number of aryl methyl sites for hydroxylation is 1. The van der Waals surface area contributed by atoms with Crippen LogP contribution in [0.1, 0.15) is 5.76 Å². The lowest BCUT2D eigenvalue weighted by Gasteiger charge is -2.40. The number of hydrogen-bond acceptors (Lipinski definition) is 10. The molecule has 1 aromatic carbocycles. The fraction of sp³-hybridized carbons (Fsp3) is 0.438. The summed E-state index contributed by atoms with van der Waals surface area (Å²) < 4.78 is 37.2. The Labute approximate surface area is 160 Å². The smallest absolute Gasteiger partial charge is 0.263 e. The molecule has 0 saturated carbocycles. The predicted molar refractivity (Wildman–Crippen MR) is 95.9 cm³/mol. The van der Waals surface area contributed by atoms with E-state index in [0.717, 1.165) is 0 Å². The van der Waals surface area contributed by atoms with Crippen LogP contribution < -0.4 is 10.0 Å². The van der Waals surface area contributed by atoms with Crippen molar-refractivity contribution in [3.05, 3.63) is 36.1 Å². The highest BCUT2D eigenvalue weighted by atomic mass is 32.2. The Hall–Kier alpha value is -2.22. The van der Waals surface area contributed by atoms with Crippen molar-refractivity contribution in [2.75, 3.05) is 16.6 Å². The normalized spacial score (nSPS) is 28.1. The summed E-state index contributed by atoms with van der Waals surface area (Å²) in [7, 11) is -3.88. The molecule has 154 valence electrons. The Morgan fingerprint density at radius 2 is 1.79 bits per heavy atom. The topological polar surface area (TPSA) is 174 Å². The number of nitrogens with zero attached hydrogens (tertiary/aromatic N) is 1. The van der Waals surface area contributed by atoms with Crippen molar-refractivity contribution in [2.45, 2.75) is 42.5 Å². The molecule has 11 nitrogen and oxygen atoms in total. The second-order valence-electron chi connectivity index (χ2n) is 6.35. The van der Waals surface area contributed by atoms with Crippen molar-refractivity contribution >= 4 is 21.5 Å². The van der Waals surface area contributed by atoms with Crippen LogP contribution in [-0.4, -0.2) is 71.3 Å². The number of ether oxygens (including phenoxy) is 1. The van der Waals surface area contributed by atoms with E-state index in [9.17, 15) is 28.8 Å². The van der Waals surface area contributed by atoms with Gasteiger partial charge in [0.05, 0.1) is 11.5 Å². The number of aliphatic hydroxyl groups is 4. The Kier molecular flexibility index (Phi) is 5.88. The van der Waals surface area contributed by atoms with Crippen molar-refractivity contribution in [3.8, 4) is 0 Å². The zero-order valence-electron chi connectivity index (χ0n) is 14.8. The van der Waals surface area contributed by atoms with Crippen molar-refractivity contribution in [1.29, 1.82) is 0 Å². The van der Waals surface area contributed by atoms with Gasteiger partial charge in [-0.3, -0.25) is 4.72 Å². The van der Waals surface area contributed by atoms with Crippen molar-refractivity contribution in [3.63, 3.8) is 0 Å². The molecular formula is C16H21N3O8S. The maximum absolute atomic E-state index is 12.4. The van der Waals surface area contributed by atoms with E-state index in [1.165, 1.54) is 30.3 Å². The summed E-state index contributed by atoms with van der Waals surface area (Å²) in [6, 6.07) is 6.95. The number of benzene rings is 1. The number of aromatic nitrogens is 1. The molecule has 12 heteroatoms. The van der Waals surface area contributed by atoms with Gasteiger partial charge in [0.1, 0.15) is 30.2 Å². The van der Waals surface area contributed by atoms with Gasteiger partial charge in [-0.2, -0.15) is 0 Å². The average molecular weight is 415 g/mol. The van der Waals surface area contributed by atoms with Gasteiger partial charge in [-0.05, 0) is 31.2 Å². The van der Waals surface area contributed by atoms with Crippen LogP contribution in [0.2, 0.25) is 0 Å². The Morgan fingerprint density at radius 3 is 2.36 bits per heavy atom. The number of sulfonamides is 1. The summed E-state index contributed by atoms with van der Waals surface area (Å²) in [6.07, 6.45) is -6.60. The molecule has 1 aliphatic heterocycles. The number of aliphatic hydroxyl groups excluding tert-OH is 4. The van der Waals surface area contributed by atoms with Crippen LogP contribution >= 0.6 is 0 Å². The summed E-state index contributed by atoms with van der Waals surface area (Å²) in [5, 5.41) is 45.2. The Balaban J connectivity index is 1.70. The summed E-state index contributed by atoms with van der Waals surface area (Å²) in [5.41, 5.74) is 0.389. The van der Waals surface area contributed by atoms with Gasteiger partial charge in [-0.15, -0.1) is 0 Å². The maximum Gasteiger partial charge on any atom is 0.263 e. The lowest BCUT2D eigenvalue weighted by atomic mass is 9.98. The summed E-state index contributed by atoms with van der Waals surface area (Å²) in [4.78, 5) is -0.0347. The maximum atomic E-state index is 12.4. The second-order valence-corrected chi connectivity index (χ2v) is 8.03. The Morgan fingerprint density at radius 1 is 1.11 bits per heavy atom.